The highest BCUT2D eigenvalue weighted by Crippen LogP contribution is 2.16. The van der Waals surface area contributed by atoms with E-state index in [-0.39, 0.29) is 24.5 Å². The Balaban J connectivity index is 2.68. The minimum absolute atomic E-state index is 0.0157. The molecule has 0 bridgehead atoms. The van der Waals surface area contributed by atoms with Crippen molar-refractivity contribution in [3.63, 3.8) is 0 Å². The molecule has 5 heteroatoms. The highest BCUT2D eigenvalue weighted by molar-refractivity contribution is 5.96. The standard InChI is InChI=1S/C15H22N2O3/c1-5-16-15(19)12-6-7-13(11(4)8-12)17-14(18)9-20-10(2)3/h6-8,10H,5,9H2,1-4H3,(H,16,19)(H,17,18). The summed E-state index contributed by atoms with van der Waals surface area (Å²) in [6.45, 7) is 8.08. The van der Waals surface area contributed by atoms with Gasteiger partial charge in [-0.15, -0.1) is 0 Å². The lowest BCUT2D eigenvalue weighted by atomic mass is 10.1. The van der Waals surface area contributed by atoms with Crippen LogP contribution in [0, 0.1) is 6.92 Å². The lowest BCUT2D eigenvalue weighted by molar-refractivity contribution is -0.121. The smallest absolute Gasteiger partial charge is 0.251 e. The third kappa shape index (κ3) is 5.01. The Morgan fingerprint density at radius 3 is 2.55 bits per heavy atom. The van der Waals surface area contributed by atoms with Crippen LogP contribution in [0.15, 0.2) is 18.2 Å². The molecule has 0 saturated heterocycles. The monoisotopic (exact) mass is 278 g/mol. The fraction of sp³-hybridized carbons (Fsp3) is 0.467. The van der Waals surface area contributed by atoms with Gasteiger partial charge in [0.05, 0.1) is 6.10 Å². The van der Waals surface area contributed by atoms with Crippen LogP contribution >= 0.6 is 0 Å². The van der Waals surface area contributed by atoms with Gasteiger partial charge in [-0.25, -0.2) is 0 Å². The molecule has 0 saturated carbocycles. The van der Waals surface area contributed by atoms with Gasteiger partial charge in [-0.3, -0.25) is 9.59 Å². The van der Waals surface area contributed by atoms with Crippen LogP contribution in [0.1, 0.15) is 36.7 Å². The van der Waals surface area contributed by atoms with Gasteiger partial charge in [0.2, 0.25) is 5.91 Å². The minimum atomic E-state index is -0.201. The zero-order chi connectivity index (χ0) is 15.1. The van der Waals surface area contributed by atoms with E-state index in [0.29, 0.717) is 17.8 Å². The van der Waals surface area contributed by atoms with Crippen molar-refractivity contribution in [2.45, 2.75) is 33.8 Å². The number of hydrogen-bond acceptors (Lipinski definition) is 3. The number of amides is 2. The van der Waals surface area contributed by atoms with Crippen molar-refractivity contribution < 1.29 is 14.3 Å². The van der Waals surface area contributed by atoms with E-state index in [1.54, 1.807) is 18.2 Å². The summed E-state index contributed by atoms with van der Waals surface area (Å²) in [5.74, 6) is -0.316. The maximum Gasteiger partial charge on any atom is 0.251 e. The molecule has 0 unspecified atom stereocenters. The van der Waals surface area contributed by atoms with E-state index in [1.165, 1.54) is 0 Å². The topological polar surface area (TPSA) is 67.4 Å². The zero-order valence-corrected chi connectivity index (χ0v) is 12.4. The highest BCUT2D eigenvalue weighted by atomic mass is 16.5. The first-order valence-corrected chi connectivity index (χ1v) is 6.74. The lowest BCUT2D eigenvalue weighted by Crippen LogP contribution is -2.23. The summed E-state index contributed by atoms with van der Waals surface area (Å²) >= 11 is 0. The molecule has 110 valence electrons. The summed E-state index contributed by atoms with van der Waals surface area (Å²) in [7, 11) is 0. The second kappa shape index (κ2) is 7.65. The Labute approximate surface area is 119 Å². The van der Waals surface area contributed by atoms with Gasteiger partial charge in [-0.1, -0.05) is 0 Å². The predicted octanol–water partition coefficient (Wildman–Crippen LogP) is 2.11. The third-order valence-electron chi connectivity index (χ3n) is 2.65. The average molecular weight is 278 g/mol. The normalized spacial score (nSPS) is 10.4. The van der Waals surface area contributed by atoms with Gasteiger partial charge in [0.15, 0.2) is 0 Å². The number of carbonyl (C=O) groups excluding carboxylic acids is 2. The van der Waals surface area contributed by atoms with Crippen LogP contribution in [0.4, 0.5) is 5.69 Å². The zero-order valence-electron chi connectivity index (χ0n) is 12.4. The molecule has 1 aromatic carbocycles. The number of carbonyl (C=O) groups is 2. The van der Waals surface area contributed by atoms with Gasteiger partial charge in [0.1, 0.15) is 6.61 Å². The molecule has 0 heterocycles. The van der Waals surface area contributed by atoms with E-state index in [2.05, 4.69) is 10.6 Å². The van der Waals surface area contributed by atoms with Crippen LogP contribution in [0.5, 0.6) is 0 Å². The molecule has 20 heavy (non-hydrogen) atoms. The first-order chi connectivity index (χ1) is 9.43. The summed E-state index contributed by atoms with van der Waals surface area (Å²) in [4.78, 5) is 23.4. The van der Waals surface area contributed by atoms with E-state index < -0.39 is 0 Å². The van der Waals surface area contributed by atoms with Crippen LogP contribution < -0.4 is 10.6 Å². The Morgan fingerprint density at radius 1 is 1.30 bits per heavy atom. The highest BCUT2D eigenvalue weighted by Gasteiger charge is 2.09. The molecular weight excluding hydrogens is 256 g/mol. The number of hydrogen-bond donors (Lipinski definition) is 2. The first kappa shape index (κ1) is 16.2. The summed E-state index contributed by atoms with van der Waals surface area (Å²) < 4.78 is 5.23. The molecule has 1 rings (SSSR count). The number of anilines is 1. The fourth-order valence-electron chi connectivity index (χ4n) is 1.64. The van der Waals surface area contributed by atoms with Crippen LogP contribution in [0.25, 0.3) is 0 Å². The van der Waals surface area contributed by atoms with Crippen molar-refractivity contribution in [3.05, 3.63) is 29.3 Å². The Bertz CT molecular complexity index is 484. The van der Waals surface area contributed by atoms with Crippen molar-refractivity contribution in [1.29, 1.82) is 0 Å². The fourth-order valence-corrected chi connectivity index (χ4v) is 1.64. The van der Waals surface area contributed by atoms with E-state index in [0.717, 1.165) is 5.56 Å². The molecular formula is C15H22N2O3. The molecule has 2 amide bonds. The summed E-state index contributed by atoms with van der Waals surface area (Å²) in [6, 6.07) is 5.17. The molecule has 0 radical (unpaired) electrons. The lowest BCUT2D eigenvalue weighted by Gasteiger charge is -2.11. The Hall–Kier alpha value is -1.88. The summed E-state index contributed by atoms with van der Waals surface area (Å²) in [5.41, 5.74) is 2.11. The second-order valence-electron chi connectivity index (χ2n) is 4.80. The molecule has 0 atom stereocenters. The molecule has 0 aromatic heterocycles. The van der Waals surface area contributed by atoms with Gasteiger partial charge >= 0.3 is 0 Å². The van der Waals surface area contributed by atoms with Crippen LogP contribution in [0.2, 0.25) is 0 Å². The van der Waals surface area contributed by atoms with Gasteiger partial charge in [-0.05, 0) is 51.5 Å². The minimum Gasteiger partial charge on any atom is -0.369 e. The molecule has 0 spiro atoms. The molecule has 2 N–H and O–H groups in total. The molecule has 0 aliphatic heterocycles. The van der Waals surface area contributed by atoms with Crippen molar-refractivity contribution in [3.8, 4) is 0 Å². The van der Waals surface area contributed by atoms with Gasteiger partial charge < -0.3 is 15.4 Å². The van der Waals surface area contributed by atoms with Gasteiger partial charge in [-0.2, -0.15) is 0 Å². The SMILES string of the molecule is CCNC(=O)c1ccc(NC(=O)COC(C)C)c(C)c1. The average Bonchev–Trinajstić information content (AvgIpc) is 2.39. The third-order valence-corrected chi connectivity index (χ3v) is 2.65. The summed E-state index contributed by atoms with van der Waals surface area (Å²) in [5, 5.41) is 5.50. The number of nitrogens with one attached hydrogen (secondary N) is 2. The molecule has 1 aromatic rings. The molecule has 0 aliphatic rings. The second-order valence-corrected chi connectivity index (χ2v) is 4.80. The maximum absolute atomic E-state index is 11.7. The van der Waals surface area contributed by atoms with Crippen molar-refractivity contribution in [1.82, 2.24) is 5.32 Å². The van der Waals surface area contributed by atoms with E-state index in [1.807, 2.05) is 27.7 Å². The quantitative estimate of drug-likeness (QED) is 0.837. The molecule has 0 aliphatic carbocycles. The van der Waals surface area contributed by atoms with Gasteiger partial charge in [0, 0.05) is 17.8 Å². The molecule has 5 nitrogen and oxygen atoms in total. The van der Waals surface area contributed by atoms with Crippen molar-refractivity contribution in [2.75, 3.05) is 18.5 Å². The predicted molar refractivity (Wildman–Crippen MR) is 78.9 cm³/mol. The number of benzene rings is 1. The Morgan fingerprint density at radius 2 is 2.00 bits per heavy atom. The van der Waals surface area contributed by atoms with Crippen LogP contribution in [-0.4, -0.2) is 31.1 Å². The number of aryl methyl sites for hydroxylation is 1. The van der Waals surface area contributed by atoms with Crippen LogP contribution in [-0.2, 0) is 9.53 Å². The Kier molecular flexibility index (Phi) is 6.18. The van der Waals surface area contributed by atoms with Gasteiger partial charge in [0.25, 0.3) is 5.91 Å². The van der Waals surface area contributed by atoms with E-state index >= 15 is 0 Å². The first-order valence-electron chi connectivity index (χ1n) is 6.74. The number of ether oxygens (including phenoxy) is 1. The van der Waals surface area contributed by atoms with E-state index in [9.17, 15) is 9.59 Å². The summed E-state index contributed by atoms with van der Waals surface area (Å²) in [6.07, 6.45) is 0.0157. The van der Waals surface area contributed by atoms with Crippen LogP contribution in [0.3, 0.4) is 0 Å². The largest absolute Gasteiger partial charge is 0.369 e. The maximum atomic E-state index is 11.7. The van der Waals surface area contributed by atoms with E-state index in [4.69, 9.17) is 4.74 Å². The number of rotatable bonds is 6. The van der Waals surface area contributed by atoms with Crippen molar-refractivity contribution >= 4 is 17.5 Å². The molecule has 0 fully saturated rings. The van der Waals surface area contributed by atoms with Crippen molar-refractivity contribution in [2.24, 2.45) is 0 Å².